The van der Waals surface area contributed by atoms with Gasteiger partial charge in [-0.15, -0.1) is 0 Å². The molecule has 0 rings (SSSR count). The first kappa shape index (κ1) is 11.7. The van der Waals surface area contributed by atoms with Crippen molar-refractivity contribution in [3.05, 3.63) is 0 Å². The second-order valence-corrected chi connectivity index (χ2v) is 1.78. The molecule has 0 aromatic heterocycles. The molecule has 0 radical (unpaired) electrons. The molecule has 0 bridgehead atoms. The van der Waals surface area contributed by atoms with E-state index in [4.69, 9.17) is 5.73 Å². The van der Waals surface area contributed by atoms with Crippen LogP contribution in [0.4, 0.5) is 0 Å². The number of likely N-dealkylation sites (N-methyl/N-ethyl adjacent to an activating group) is 1. The van der Waals surface area contributed by atoms with Crippen molar-refractivity contribution < 1.29 is 0 Å². The largest absolute Gasteiger partial charge is 0.327 e. The van der Waals surface area contributed by atoms with Crippen molar-refractivity contribution >= 4 is 0 Å². The maximum atomic E-state index is 5.42. The van der Waals surface area contributed by atoms with E-state index in [1.165, 1.54) is 0 Å². The molecule has 0 heterocycles. The number of rotatable bonds is 3. The van der Waals surface area contributed by atoms with Crippen LogP contribution in [0.25, 0.3) is 0 Å². The molecule has 0 aromatic carbocycles. The minimum absolute atomic E-state index is 0.292. The lowest BCUT2D eigenvalue weighted by Crippen LogP contribution is -2.30. The highest BCUT2D eigenvalue weighted by atomic mass is 14.9. The lowest BCUT2D eigenvalue weighted by molar-refractivity contribution is 0.627. The molecule has 0 saturated carbocycles. The molecule has 0 aliphatic rings. The summed E-state index contributed by atoms with van der Waals surface area (Å²) < 4.78 is 0. The van der Waals surface area contributed by atoms with E-state index >= 15 is 0 Å². The van der Waals surface area contributed by atoms with Gasteiger partial charge in [-0.2, -0.15) is 0 Å². The van der Waals surface area contributed by atoms with Crippen molar-refractivity contribution in [2.24, 2.45) is 5.73 Å². The van der Waals surface area contributed by atoms with Gasteiger partial charge < -0.3 is 11.1 Å². The van der Waals surface area contributed by atoms with E-state index in [0.717, 1.165) is 13.1 Å². The van der Waals surface area contributed by atoms with Crippen molar-refractivity contribution in [1.29, 1.82) is 0 Å². The molecular formula is C7H20N2. The minimum atomic E-state index is 0.292. The topological polar surface area (TPSA) is 38.0 Å². The van der Waals surface area contributed by atoms with Crippen LogP contribution in [0, 0.1) is 0 Å². The molecule has 0 amide bonds. The molecule has 0 unspecified atom stereocenters. The zero-order valence-electron chi connectivity index (χ0n) is 7.07. The van der Waals surface area contributed by atoms with Gasteiger partial charge in [0.05, 0.1) is 0 Å². The third-order valence-electron chi connectivity index (χ3n) is 0.716. The molecule has 2 heteroatoms. The Morgan fingerprint density at radius 1 is 1.44 bits per heavy atom. The van der Waals surface area contributed by atoms with Gasteiger partial charge in [0, 0.05) is 12.6 Å². The Bertz CT molecular complexity index is 35.9. The molecule has 0 spiro atoms. The second kappa shape index (κ2) is 10.8. The van der Waals surface area contributed by atoms with Gasteiger partial charge in [-0.1, -0.05) is 20.8 Å². The van der Waals surface area contributed by atoms with Crippen molar-refractivity contribution in [1.82, 2.24) is 5.32 Å². The number of nitrogens with one attached hydrogen (secondary N) is 1. The average Bonchev–Trinajstić information content (AvgIpc) is 1.88. The monoisotopic (exact) mass is 132 g/mol. The Balaban J connectivity index is 0. The van der Waals surface area contributed by atoms with Crippen molar-refractivity contribution in [3.8, 4) is 0 Å². The summed E-state index contributed by atoms with van der Waals surface area (Å²) in [7, 11) is 0. The fraction of sp³-hybridized carbons (Fsp3) is 1.00. The molecule has 0 aliphatic heterocycles. The highest BCUT2D eigenvalue weighted by Crippen LogP contribution is 1.66. The molecule has 2 nitrogen and oxygen atoms in total. The maximum absolute atomic E-state index is 5.42. The Morgan fingerprint density at radius 3 is 2.00 bits per heavy atom. The van der Waals surface area contributed by atoms with E-state index in [1.807, 2.05) is 20.8 Å². The standard InChI is InChI=1S/C5H14N2.C2H6/c1-3-7-4-5(2)6;1-2/h5,7H,3-4,6H2,1-2H3;1-2H3/t5-;/m0./s1. The minimum Gasteiger partial charge on any atom is -0.327 e. The van der Waals surface area contributed by atoms with Gasteiger partial charge in [-0.05, 0) is 13.5 Å². The highest BCUT2D eigenvalue weighted by Gasteiger charge is 1.86. The van der Waals surface area contributed by atoms with Crippen molar-refractivity contribution in [3.63, 3.8) is 0 Å². The van der Waals surface area contributed by atoms with Gasteiger partial charge in [0.2, 0.25) is 0 Å². The Morgan fingerprint density at radius 2 is 1.89 bits per heavy atom. The fourth-order valence-corrected chi connectivity index (χ4v) is 0.372. The SMILES string of the molecule is CC.CCNC[C@H](C)N. The maximum Gasteiger partial charge on any atom is 0.0136 e. The molecule has 0 saturated heterocycles. The summed E-state index contributed by atoms with van der Waals surface area (Å²) in [6.07, 6.45) is 0. The van der Waals surface area contributed by atoms with Crippen LogP contribution < -0.4 is 11.1 Å². The Hall–Kier alpha value is -0.0800. The normalized spacial score (nSPS) is 11.7. The van der Waals surface area contributed by atoms with E-state index < -0.39 is 0 Å². The third-order valence-corrected chi connectivity index (χ3v) is 0.716. The third kappa shape index (κ3) is 18.1. The zero-order chi connectivity index (χ0) is 7.70. The van der Waals surface area contributed by atoms with Crippen LogP contribution in [0.2, 0.25) is 0 Å². The van der Waals surface area contributed by atoms with Crippen LogP contribution in [0.5, 0.6) is 0 Å². The van der Waals surface area contributed by atoms with Gasteiger partial charge in [0.1, 0.15) is 0 Å². The van der Waals surface area contributed by atoms with E-state index in [1.54, 1.807) is 0 Å². The molecular weight excluding hydrogens is 112 g/mol. The molecule has 58 valence electrons. The van der Waals surface area contributed by atoms with E-state index in [9.17, 15) is 0 Å². The fourth-order valence-electron chi connectivity index (χ4n) is 0.372. The molecule has 1 atom stereocenters. The first-order chi connectivity index (χ1) is 4.27. The summed E-state index contributed by atoms with van der Waals surface area (Å²) >= 11 is 0. The van der Waals surface area contributed by atoms with Crippen LogP contribution in [0.1, 0.15) is 27.7 Å². The lowest BCUT2D eigenvalue weighted by Gasteiger charge is -2.02. The predicted molar refractivity (Wildman–Crippen MR) is 43.5 cm³/mol. The quantitative estimate of drug-likeness (QED) is 0.600. The number of hydrogen-bond donors (Lipinski definition) is 2. The van der Waals surface area contributed by atoms with Crippen molar-refractivity contribution in [2.75, 3.05) is 13.1 Å². The zero-order valence-corrected chi connectivity index (χ0v) is 7.07. The first-order valence-corrected chi connectivity index (χ1v) is 3.73. The van der Waals surface area contributed by atoms with Crippen LogP contribution in [-0.2, 0) is 0 Å². The number of nitrogens with two attached hydrogens (primary N) is 1. The van der Waals surface area contributed by atoms with Crippen LogP contribution in [0.15, 0.2) is 0 Å². The van der Waals surface area contributed by atoms with E-state index in [2.05, 4.69) is 12.2 Å². The number of hydrogen-bond acceptors (Lipinski definition) is 2. The van der Waals surface area contributed by atoms with E-state index in [0.29, 0.717) is 6.04 Å². The molecule has 0 aromatic rings. The summed E-state index contributed by atoms with van der Waals surface area (Å²) in [6, 6.07) is 0.292. The van der Waals surface area contributed by atoms with Gasteiger partial charge >= 0.3 is 0 Å². The Labute approximate surface area is 58.8 Å². The molecule has 0 aliphatic carbocycles. The second-order valence-electron chi connectivity index (χ2n) is 1.78. The summed E-state index contributed by atoms with van der Waals surface area (Å²) in [5, 5.41) is 3.12. The average molecular weight is 132 g/mol. The lowest BCUT2D eigenvalue weighted by atomic mass is 10.4. The van der Waals surface area contributed by atoms with Gasteiger partial charge in [0.25, 0.3) is 0 Å². The molecule has 0 fully saturated rings. The summed E-state index contributed by atoms with van der Waals surface area (Å²) in [4.78, 5) is 0. The van der Waals surface area contributed by atoms with Gasteiger partial charge in [-0.25, -0.2) is 0 Å². The predicted octanol–water partition coefficient (Wildman–Crippen LogP) is 0.969. The molecule has 9 heavy (non-hydrogen) atoms. The summed E-state index contributed by atoms with van der Waals surface area (Å²) in [6.45, 7) is 10.0. The Kier molecular flexibility index (Phi) is 14.0. The highest BCUT2D eigenvalue weighted by molar-refractivity contribution is 4.54. The first-order valence-electron chi connectivity index (χ1n) is 3.73. The summed E-state index contributed by atoms with van der Waals surface area (Å²) in [5.74, 6) is 0. The summed E-state index contributed by atoms with van der Waals surface area (Å²) in [5.41, 5.74) is 5.42. The smallest absolute Gasteiger partial charge is 0.0136 e. The van der Waals surface area contributed by atoms with Crippen LogP contribution >= 0.6 is 0 Å². The van der Waals surface area contributed by atoms with Crippen LogP contribution in [-0.4, -0.2) is 19.1 Å². The van der Waals surface area contributed by atoms with Crippen LogP contribution in [0.3, 0.4) is 0 Å². The van der Waals surface area contributed by atoms with Gasteiger partial charge in [-0.3, -0.25) is 0 Å². The van der Waals surface area contributed by atoms with E-state index in [-0.39, 0.29) is 0 Å². The van der Waals surface area contributed by atoms with Crippen molar-refractivity contribution in [2.45, 2.75) is 33.7 Å². The van der Waals surface area contributed by atoms with Gasteiger partial charge in [0.15, 0.2) is 0 Å². The molecule has 3 N–H and O–H groups in total.